The van der Waals surface area contributed by atoms with E-state index in [1.807, 2.05) is 16.9 Å². The number of nitrogens with two attached hydrogens (primary N) is 1. The summed E-state index contributed by atoms with van der Waals surface area (Å²) in [5, 5.41) is 24.6. The molecule has 4 N–H and O–H groups in total. The number of hydrogen-bond acceptors (Lipinski definition) is 5. The number of anilines is 1. The van der Waals surface area contributed by atoms with Crippen LogP contribution in [-0.4, -0.2) is 45.7 Å². The van der Waals surface area contributed by atoms with Crippen molar-refractivity contribution in [3.63, 3.8) is 0 Å². The molecule has 2 heterocycles. The zero-order chi connectivity index (χ0) is 22.1. The molecular formula is C21H26FN9. The first kappa shape index (κ1) is 21.8. The Labute approximate surface area is 180 Å². The van der Waals surface area contributed by atoms with Crippen LogP contribution in [0.15, 0.2) is 47.7 Å². The number of nitrogen functional groups attached to an aromatic ring is 1. The molecule has 0 spiro atoms. The van der Waals surface area contributed by atoms with Crippen LogP contribution >= 0.6 is 0 Å². The SMILES string of the molecule is CN=C(NCCCc1nn(-c2ccc(F)cc2)c(N)c1C#N)NCCCn1cccn1. The maximum atomic E-state index is 13.2. The molecule has 2 aromatic heterocycles. The van der Waals surface area contributed by atoms with Gasteiger partial charge in [0, 0.05) is 39.1 Å². The van der Waals surface area contributed by atoms with E-state index in [-0.39, 0.29) is 11.6 Å². The fourth-order valence-electron chi connectivity index (χ4n) is 3.12. The molecule has 0 unspecified atom stereocenters. The number of rotatable bonds is 9. The molecule has 0 saturated heterocycles. The molecule has 0 radical (unpaired) electrons. The molecule has 0 aliphatic carbocycles. The van der Waals surface area contributed by atoms with Crippen molar-refractivity contribution in [3.8, 4) is 11.8 Å². The first-order valence-electron chi connectivity index (χ1n) is 10.1. The summed E-state index contributed by atoms with van der Waals surface area (Å²) in [6.45, 7) is 2.27. The summed E-state index contributed by atoms with van der Waals surface area (Å²) in [5.41, 5.74) is 7.68. The lowest BCUT2D eigenvalue weighted by molar-refractivity contribution is 0.570. The first-order valence-corrected chi connectivity index (χ1v) is 10.1. The van der Waals surface area contributed by atoms with E-state index in [0.717, 1.165) is 31.9 Å². The third kappa shape index (κ3) is 5.82. The van der Waals surface area contributed by atoms with Gasteiger partial charge in [0.1, 0.15) is 23.3 Å². The second kappa shape index (κ2) is 10.8. The maximum absolute atomic E-state index is 13.2. The largest absolute Gasteiger partial charge is 0.382 e. The third-order valence-corrected chi connectivity index (χ3v) is 4.70. The smallest absolute Gasteiger partial charge is 0.190 e. The van der Waals surface area contributed by atoms with Crippen LogP contribution in [0, 0.1) is 17.1 Å². The minimum atomic E-state index is -0.343. The van der Waals surface area contributed by atoms with Crippen molar-refractivity contribution in [1.82, 2.24) is 30.2 Å². The Morgan fingerprint density at radius 2 is 1.97 bits per heavy atom. The predicted molar refractivity (Wildman–Crippen MR) is 117 cm³/mol. The van der Waals surface area contributed by atoms with Crippen LogP contribution in [0.3, 0.4) is 0 Å². The second-order valence-electron chi connectivity index (χ2n) is 6.86. The number of aryl methyl sites for hydroxylation is 2. The average Bonchev–Trinajstić information content (AvgIpc) is 3.41. The quantitative estimate of drug-likeness (QED) is 0.274. The van der Waals surface area contributed by atoms with Crippen molar-refractivity contribution in [1.29, 1.82) is 5.26 Å². The highest BCUT2D eigenvalue weighted by Crippen LogP contribution is 2.21. The first-order chi connectivity index (χ1) is 15.1. The Hall–Kier alpha value is -3.87. The van der Waals surface area contributed by atoms with Gasteiger partial charge in [-0.2, -0.15) is 15.5 Å². The van der Waals surface area contributed by atoms with Gasteiger partial charge in [0.25, 0.3) is 0 Å². The van der Waals surface area contributed by atoms with E-state index in [1.165, 1.54) is 16.8 Å². The van der Waals surface area contributed by atoms with Gasteiger partial charge in [-0.05, 0) is 49.6 Å². The van der Waals surface area contributed by atoms with Crippen molar-refractivity contribution in [2.75, 3.05) is 25.9 Å². The molecule has 1 aromatic carbocycles. The zero-order valence-corrected chi connectivity index (χ0v) is 17.4. The van der Waals surface area contributed by atoms with Gasteiger partial charge in [-0.25, -0.2) is 9.07 Å². The number of guanidine groups is 1. The standard InChI is InChI=1S/C21H26FN9/c1-25-21(27-11-3-13-30-14-4-12-28-30)26-10-2-5-19-18(15-23)20(24)31(29-19)17-8-6-16(22)7-9-17/h4,6-9,12,14H,2-3,5,10-11,13,24H2,1H3,(H2,25,26,27). The van der Waals surface area contributed by atoms with Crippen LogP contribution in [0.4, 0.5) is 10.2 Å². The number of benzene rings is 1. The fraction of sp³-hybridized carbons (Fsp3) is 0.333. The number of hydrogen-bond donors (Lipinski definition) is 3. The minimum Gasteiger partial charge on any atom is -0.382 e. The van der Waals surface area contributed by atoms with Crippen molar-refractivity contribution < 1.29 is 4.39 Å². The number of aliphatic imine (C=N–C) groups is 1. The molecule has 3 rings (SSSR count). The van der Waals surface area contributed by atoms with E-state index in [9.17, 15) is 9.65 Å². The number of nitriles is 1. The van der Waals surface area contributed by atoms with Gasteiger partial charge < -0.3 is 16.4 Å². The van der Waals surface area contributed by atoms with Crippen LogP contribution in [0.25, 0.3) is 5.69 Å². The van der Waals surface area contributed by atoms with Gasteiger partial charge in [0.15, 0.2) is 5.96 Å². The normalized spacial score (nSPS) is 11.3. The van der Waals surface area contributed by atoms with E-state index < -0.39 is 0 Å². The summed E-state index contributed by atoms with van der Waals surface area (Å²) in [5.74, 6) is 0.633. The Kier molecular flexibility index (Phi) is 7.59. The van der Waals surface area contributed by atoms with Crippen LogP contribution in [-0.2, 0) is 13.0 Å². The van der Waals surface area contributed by atoms with Gasteiger partial charge in [0.05, 0.1) is 11.4 Å². The van der Waals surface area contributed by atoms with Crippen molar-refractivity contribution >= 4 is 11.8 Å². The molecule has 9 nitrogen and oxygen atoms in total. The summed E-state index contributed by atoms with van der Waals surface area (Å²) < 4.78 is 16.5. The third-order valence-electron chi connectivity index (χ3n) is 4.70. The molecule has 0 amide bonds. The van der Waals surface area contributed by atoms with Gasteiger partial charge in [-0.1, -0.05) is 0 Å². The lowest BCUT2D eigenvalue weighted by Gasteiger charge is -2.11. The highest BCUT2D eigenvalue weighted by atomic mass is 19.1. The van der Waals surface area contributed by atoms with E-state index in [4.69, 9.17) is 5.73 Å². The van der Waals surface area contributed by atoms with E-state index >= 15 is 0 Å². The lowest BCUT2D eigenvalue weighted by Crippen LogP contribution is -2.38. The molecule has 162 valence electrons. The average molecular weight is 424 g/mol. The van der Waals surface area contributed by atoms with Gasteiger partial charge in [0.2, 0.25) is 0 Å². The number of nitrogens with one attached hydrogen (secondary N) is 2. The van der Waals surface area contributed by atoms with E-state index in [2.05, 4.69) is 31.9 Å². The molecule has 0 bridgehead atoms. The van der Waals surface area contributed by atoms with E-state index in [1.54, 1.807) is 25.4 Å². The van der Waals surface area contributed by atoms with Crippen molar-refractivity contribution in [3.05, 3.63) is 59.8 Å². The Bertz CT molecular complexity index is 1030. The highest BCUT2D eigenvalue weighted by molar-refractivity contribution is 5.79. The van der Waals surface area contributed by atoms with Crippen LogP contribution < -0.4 is 16.4 Å². The molecule has 0 aliphatic heterocycles. The Balaban J connectivity index is 1.47. The molecule has 0 atom stereocenters. The molecule has 31 heavy (non-hydrogen) atoms. The van der Waals surface area contributed by atoms with Crippen LogP contribution in [0.1, 0.15) is 24.1 Å². The van der Waals surface area contributed by atoms with Crippen LogP contribution in [0.2, 0.25) is 0 Å². The Morgan fingerprint density at radius 1 is 1.23 bits per heavy atom. The predicted octanol–water partition coefficient (Wildman–Crippen LogP) is 1.85. The van der Waals surface area contributed by atoms with Crippen molar-refractivity contribution in [2.45, 2.75) is 25.8 Å². The molecule has 3 aromatic rings. The molecule has 0 saturated carbocycles. The Morgan fingerprint density at radius 3 is 2.61 bits per heavy atom. The lowest BCUT2D eigenvalue weighted by atomic mass is 10.1. The van der Waals surface area contributed by atoms with Crippen LogP contribution in [0.5, 0.6) is 0 Å². The number of nitrogens with zero attached hydrogens (tertiary/aromatic N) is 6. The summed E-state index contributed by atoms with van der Waals surface area (Å²) in [4.78, 5) is 4.22. The number of aromatic nitrogens is 4. The van der Waals surface area contributed by atoms with E-state index in [0.29, 0.717) is 29.9 Å². The fourth-order valence-corrected chi connectivity index (χ4v) is 3.12. The van der Waals surface area contributed by atoms with Gasteiger partial charge >= 0.3 is 0 Å². The summed E-state index contributed by atoms with van der Waals surface area (Å²) in [6, 6.07) is 9.85. The molecule has 10 heteroatoms. The monoisotopic (exact) mass is 423 g/mol. The molecular weight excluding hydrogens is 397 g/mol. The highest BCUT2D eigenvalue weighted by Gasteiger charge is 2.16. The molecule has 0 aliphatic rings. The summed E-state index contributed by atoms with van der Waals surface area (Å²) >= 11 is 0. The second-order valence-corrected chi connectivity index (χ2v) is 6.86. The number of halogens is 1. The zero-order valence-electron chi connectivity index (χ0n) is 17.4. The van der Waals surface area contributed by atoms with Gasteiger partial charge in [-0.3, -0.25) is 9.67 Å². The summed E-state index contributed by atoms with van der Waals surface area (Å²) in [6.07, 6.45) is 5.94. The molecule has 0 fully saturated rings. The summed E-state index contributed by atoms with van der Waals surface area (Å²) in [7, 11) is 1.72. The van der Waals surface area contributed by atoms with Crippen molar-refractivity contribution in [2.24, 2.45) is 4.99 Å². The minimum absolute atomic E-state index is 0.256. The topological polar surface area (TPSA) is 122 Å². The van der Waals surface area contributed by atoms with Gasteiger partial charge in [-0.15, -0.1) is 0 Å². The maximum Gasteiger partial charge on any atom is 0.190 e.